The molecule has 27 heavy (non-hydrogen) atoms. The summed E-state index contributed by atoms with van der Waals surface area (Å²) in [7, 11) is 1.89. The van der Waals surface area contributed by atoms with Crippen LogP contribution in [-0.4, -0.2) is 43.4 Å². The molecule has 0 amide bonds. The maximum atomic E-state index is 14.4. The standard InChI is InChI=1S/C20H24F4N2S/c1-3-4-8-18-14(11-20(22,23)24)13-6-5-7-17(19(13)27-18)25-16-9-10-26(2)12-15(16)21/h4-8,15-16,25H,3,9-12H2,1-2H3/b8-4+. The minimum absolute atomic E-state index is 0.302. The predicted octanol–water partition coefficient (Wildman–Crippen LogP) is 5.88. The van der Waals surface area contributed by atoms with Crippen molar-refractivity contribution in [1.82, 2.24) is 4.90 Å². The number of allylic oxidation sites excluding steroid dienone is 1. The van der Waals surface area contributed by atoms with Gasteiger partial charge in [-0.15, -0.1) is 11.3 Å². The molecule has 1 aliphatic heterocycles. The molecule has 2 aromatic rings. The summed E-state index contributed by atoms with van der Waals surface area (Å²) in [5.41, 5.74) is 1.02. The van der Waals surface area contributed by atoms with Crippen molar-refractivity contribution in [2.75, 3.05) is 25.5 Å². The fourth-order valence-corrected chi connectivity index (χ4v) is 4.69. The molecule has 1 fully saturated rings. The Kier molecular flexibility index (Phi) is 6.11. The summed E-state index contributed by atoms with van der Waals surface area (Å²) in [4.78, 5) is 2.57. The lowest BCUT2D eigenvalue weighted by Crippen LogP contribution is -2.46. The van der Waals surface area contributed by atoms with E-state index in [-0.39, 0.29) is 6.04 Å². The molecule has 2 nitrogen and oxygen atoms in total. The van der Waals surface area contributed by atoms with Crippen molar-refractivity contribution in [3.05, 3.63) is 34.7 Å². The normalized spacial score (nSPS) is 22.0. The largest absolute Gasteiger partial charge is 0.393 e. The predicted molar refractivity (Wildman–Crippen MR) is 105 cm³/mol. The van der Waals surface area contributed by atoms with E-state index in [0.29, 0.717) is 34.5 Å². The zero-order chi connectivity index (χ0) is 19.6. The zero-order valence-electron chi connectivity index (χ0n) is 15.4. The highest BCUT2D eigenvalue weighted by molar-refractivity contribution is 7.20. The van der Waals surface area contributed by atoms with E-state index in [1.54, 1.807) is 18.2 Å². The number of benzene rings is 1. The van der Waals surface area contributed by atoms with E-state index in [4.69, 9.17) is 0 Å². The highest BCUT2D eigenvalue weighted by Gasteiger charge is 2.32. The molecule has 0 bridgehead atoms. The average Bonchev–Trinajstić information content (AvgIpc) is 2.92. The van der Waals surface area contributed by atoms with Gasteiger partial charge in [0.05, 0.1) is 22.8 Å². The van der Waals surface area contributed by atoms with E-state index in [1.807, 2.05) is 31.0 Å². The van der Waals surface area contributed by atoms with Gasteiger partial charge >= 0.3 is 6.18 Å². The summed E-state index contributed by atoms with van der Waals surface area (Å²) in [5, 5.41) is 3.86. The second kappa shape index (κ2) is 8.19. The van der Waals surface area contributed by atoms with Crippen LogP contribution < -0.4 is 5.32 Å². The van der Waals surface area contributed by atoms with Crippen LogP contribution in [0.25, 0.3) is 16.2 Å². The molecule has 0 saturated carbocycles. The number of anilines is 1. The van der Waals surface area contributed by atoms with Gasteiger partial charge in [-0.1, -0.05) is 25.1 Å². The van der Waals surface area contributed by atoms with Crippen molar-refractivity contribution in [1.29, 1.82) is 0 Å². The molecule has 1 saturated heterocycles. The molecule has 0 radical (unpaired) electrons. The maximum Gasteiger partial charge on any atom is 0.393 e. The summed E-state index contributed by atoms with van der Waals surface area (Å²) in [6, 6.07) is 4.97. The molecule has 0 spiro atoms. The third-order valence-corrected chi connectivity index (χ3v) is 6.06. The fraction of sp³-hybridized carbons (Fsp3) is 0.500. The summed E-state index contributed by atoms with van der Waals surface area (Å²) in [6.45, 7) is 3.10. The molecule has 1 aromatic carbocycles. The smallest absolute Gasteiger partial charge is 0.378 e. The highest BCUT2D eigenvalue weighted by Crippen LogP contribution is 2.40. The fourth-order valence-electron chi connectivity index (χ4n) is 3.46. The van der Waals surface area contributed by atoms with E-state index in [1.165, 1.54) is 11.3 Å². The third-order valence-electron chi connectivity index (χ3n) is 4.82. The first-order valence-corrected chi connectivity index (χ1v) is 9.97. The minimum atomic E-state index is -4.27. The van der Waals surface area contributed by atoms with Crippen LogP contribution in [0.1, 0.15) is 30.2 Å². The Bertz CT molecular complexity index is 812. The molecule has 2 unspecified atom stereocenters. The number of nitrogens with one attached hydrogen (secondary N) is 1. The van der Waals surface area contributed by atoms with Gasteiger partial charge in [-0.25, -0.2) is 4.39 Å². The Morgan fingerprint density at radius 3 is 2.78 bits per heavy atom. The Morgan fingerprint density at radius 1 is 1.33 bits per heavy atom. The highest BCUT2D eigenvalue weighted by atomic mass is 32.1. The zero-order valence-corrected chi connectivity index (χ0v) is 16.3. The Hall–Kier alpha value is -1.60. The van der Waals surface area contributed by atoms with E-state index < -0.39 is 18.8 Å². The van der Waals surface area contributed by atoms with Gasteiger partial charge in [0.2, 0.25) is 0 Å². The molecule has 2 heterocycles. The number of alkyl halides is 4. The monoisotopic (exact) mass is 400 g/mol. The number of halogens is 4. The SMILES string of the molecule is CC/C=C/c1sc2c(NC3CCN(C)CC3F)cccc2c1CC(F)(F)F. The number of fused-ring (bicyclic) bond motifs is 1. The number of piperidine rings is 1. The van der Waals surface area contributed by atoms with Gasteiger partial charge in [-0.2, -0.15) is 13.2 Å². The van der Waals surface area contributed by atoms with Gasteiger partial charge in [0.15, 0.2) is 0 Å². The van der Waals surface area contributed by atoms with Crippen LogP contribution in [0, 0.1) is 0 Å². The Balaban J connectivity index is 1.98. The van der Waals surface area contributed by atoms with Crippen molar-refractivity contribution >= 4 is 33.2 Å². The average molecular weight is 400 g/mol. The second-order valence-electron chi connectivity index (χ2n) is 7.05. The second-order valence-corrected chi connectivity index (χ2v) is 8.10. The summed E-state index contributed by atoms with van der Waals surface area (Å²) < 4.78 is 54.5. The van der Waals surface area contributed by atoms with Gasteiger partial charge in [0, 0.05) is 18.0 Å². The quantitative estimate of drug-likeness (QED) is 0.630. The lowest BCUT2D eigenvalue weighted by molar-refractivity contribution is -0.126. The van der Waals surface area contributed by atoms with Crippen LogP contribution >= 0.6 is 11.3 Å². The third kappa shape index (κ3) is 4.82. The Labute approximate surface area is 160 Å². The van der Waals surface area contributed by atoms with E-state index in [9.17, 15) is 17.6 Å². The number of hydrogen-bond donors (Lipinski definition) is 1. The van der Waals surface area contributed by atoms with Crippen LogP contribution in [-0.2, 0) is 6.42 Å². The summed E-state index contributed by atoms with van der Waals surface area (Å²) in [5.74, 6) is 0. The summed E-state index contributed by atoms with van der Waals surface area (Å²) >= 11 is 1.34. The van der Waals surface area contributed by atoms with Gasteiger partial charge in [-0.05, 0) is 43.0 Å². The van der Waals surface area contributed by atoms with Crippen molar-refractivity contribution in [2.24, 2.45) is 0 Å². The number of rotatable bonds is 5. The van der Waals surface area contributed by atoms with Crippen LogP contribution in [0.2, 0.25) is 0 Å². The van der Waals surface area contributed by atoms with Crippen molar-refractivity contribution in [3.63, 3.8) is 0 Å². The van der Waals surface area contributed by atoms with Crippen LogP contribution in [0.5, 0.6) is 0 Å². The lowest BCUT2D eigenvalue weighted by atomic mass is 10.0. The van der Waals surface area contributed by atoms with Crippen LogP contribution in [0.15, 0.2) is 24.3 Å². The Morgan fingerprint density at radius 2 is 2.11 bits per heavy atom. The molecule has 148 valence electrons. The van der Waals surface area contributed by atoms with Crippen LogP contribution in [0.3, 0.4) is 0 Å². The molecule has 2 atom stereocenters. The number of nitrogens with zero attached hydrogens (tertiary/aromatic N) is 1. The topological polar surface area (TPSA) is 15.3 Å². The first-order valence-electron chi connectivity index (χ1n) is 9.15. The number of hydrogen-bond acceptors (Lipinski definition) is 3. The van der Waals surface area contributed by atoms with Gasteiger partial charge in [0.25, 0.3) is 0 Å². The van der Waals surface area contributed by atoms with Crippen LogP contribution in [0.4, 0.5) is 23.2 Å². The molecular weight excluding hydrogens is 376 g/mol. The number of thiophene rings is 1. The van der Waals surface area contributed by atoms with E-state index in [0.717, 1.165) is 17.7 Å². The van der Waals surface area contributed by atoms with Gasteiger partial charge in [0.1, 0.15) is 6.17 Å². The lowest BCUT2D eigenvalue weighted by Gasteiger charge is -2.33. The van der Waals surface area contributed by atoms with Crippen molar-refractivity contribution in [2.45, 2.75) is 44.6 Å². The molecule has 1 N–H and O–H groups in total. The summed E-state index contributed by atoms with van der Waals surface area (Å²) in [6.07, 6.45) is -1.19. The van der Waals surface area contributed by atoms with Crippen molar-refractivity contribution < 1.29 is 17.6 Å². The molecule has 1 aliphatic rings. The maximum absolute atomic E-state index is 14.4. The minimum Gasteiger partial charge on any atom is -0.378 e. The molecular formula is C20H24F4N2S. The first-order chi connectivity index (χ1) is 12.8. The molecule has 3 rings (SSSR count). The number of likely N-dealkylation sites (tertiary alicyclic amines) is 1. The van der Waals surface area contributed by atoms with E-state index >= 15 is 0 Å². The van der Waals surface area contributed by atoms with Crippen molar-refractivity contribution in [3.8, 4) is 0 Å². The van der Waals surface area contributed by atoms with Gasteiger partial charge in [-0.3, -0.25) is 0 Å². The molecule has 7 heteroatoms. The molecule has 1 aromatic heterocycles. The van der Waals surface area contributed by atoms with E-state index in [2.05, 4.69) is 5.32 Å². The van der Waals surface area contributed by atoms with Gasteiger partial charge < -0.3 is 10.2 Å². The first kappa shape index (κ1) is 20.1. The molecule has 0 aliphatic carbocycles.